The molecule has 1 aromatic carbocycles. The average molecular weight is 239 g/mol. The summed E-state index contributed by atoms with van der Waals surface area (Å²) in [5, 5.41) is 0. The van der Waals surface area contributed by atoms with Gasteiger partial charge in [0, 0.05) is 18.5 Å². The molecule has 1 aromatic heterocycles. The summed E-state index contributed by atoms with van der Waals surface area (Å²) in [6.07, 6.45) is 2.86. The van der Waals surface area contributed by atoms with Crippen LogP contribution in [0.5, 0.6) is 0 Å². The summed E-state index contributed by atoms with van der Waals surface area (Å²) in [7, 11) is -2.95. The van der Waals surface area contributed by atoms with Crippen molar-refractivity contribution >= 4 is 26.6 Å². The number of sulfone groups is 1. The minimum Gasteiger partial charge on any atom is -0.399 e. The van der Waals surface area contributed by atoms with Crippen molar-refractivity contribution < 1.29 is 8.42 Å². The van der Waals surface area contributed by atoms with Crippen molar-refractivity contribution in [3.63, 3.8) is 0 Å². The monoisotopic (exact) mass is 239 g/mol. The van der Waals surface area contributed by atoms with Crippen molar-refractivity contribution in [2.75, 3.05) is 17.7 Å². The molecule has 0 aliphatic heterocycles. The molecule has 0 aliphatic rings. The fraction of sp³-hybridized carbons (Fsp3) is 0.300. The van der Waals surface area contributed by atoms with Gasteiger partial charge in [0.05, 0.1) is 23.1 Å². The van der Waals surface area contributed by atoms with Gasteiger partial charge in [-0.25, -0.2) is 13.4 Å². The zero-order valence-electron chi connectivity index (χ0n) is 8.92. The standard InChI is InChI=1S/C10H13N3O2S/c1-16(14,15)5-4-13-7-12-9-6-8(11)2-3-10(9)13/h2-3,6-7H,4-5,11H2,1H3. The van der Waals surface area contributed by atoms with Crippen LogP contribution in [0.2, 0.25) is 0 Å². The van der Waals surface area contributed by atoms with Crippen LogP contribution in [0.3, 0.4) is 0 Å². The Hall–Kier alpha value is -1.56. The molecule has 0 fully saturated rings. The molecule has 86 valence electrons. The Morgan fingerprint density at radius 2 is 2.19 bits per heavy atom. The van der Waals surface area contributed by atoms with Gasteiger partial charge in [0.1, 0.15) is 9.84 Å². The van der Waals surface area contributed by atoms with Gasteiger partial charge in [-0.15, -0.1) is 0 Å². The number of nitrogens with two attached hydrogens (primary N) is 1. The highest BCUT2D eigenvalue weighted by Crippen LogP contribution is 2.15. The van der Waals surface area contributed by atoms with Gasteiger partial charge in [-0.1, -0.05) is 0 Å². The fourth-order valence-electron chi connectivity index (χ4n) is 1.52. The van der Waals surface area contributed by atoms with E-state index in [-0.39, 0.29) is 5.75 Å². The topological polar surface area (TPSA) is 78.0 Å². The zero-order chi connectivity index (χ0) is 11.8. The highest BCUT2D eigenvalue weighted by Gasteiger charge is 2.06. The minimum atomic E-state index is -2.95. The molecule has 2 N–H and O–H groups in total. The summed E-state index contributed by atoms with van der Waals surface area (Å²) in [5.74, 6) is 0.114. The van der Waals surface area contributed by atoms with E-state index in [1.54, 1.807) is 18.5 Å². The van der Waals surface area contributed by atoms with Crippen molar-refractivity contribution in [1.82, 2.24) is 9.55 Å². The number of nitrogen functional groups attached to an aromatic ring is 1. The first-order chi connectivity index (χ1) is 7.46. The fourth-order valence-corrected chi connectivity index (χ4v) is 2.05. The number of nitrogens with zero attached hydrogens (tertiary/aromatic N) is 2. The zero-order valence-corrected chi connectivity index (χ0v) is 9.74. The van der Waals surface area contributed by atoms with Gasteiger partial charge in [0.15, 0.2) is 0 Å². The molecule has 0 bridgehead atoms. The number of anilines is 1. The van der Waals surface area contributed by atoms with Crippen molar-refractivity contribution in [3.05, 3.63) is 24.5 Å². The summed E-state index contributed by atoms with van der Waals surface area (Å²) >= 11 is 0. The van der Waals surface area contributed by atoms with E-state index in [4.69, 9.17) is 5.73 Å². The van der Waals surface area contributed by atoms with Crippen molar-refractivity contribution in [2.24, 2.45) is 0 Å². The Bertz CT molecular complexity index is 616. The number of fused-ring (bicyclic) bond motifs is 1. The third-order valence-corrected chi connectivity index (χ3v) is 3.27. The van der Waals surface area contributed by atoms with E-state index in [0.717, 1.165) is 11.0 Å². The van der Waals surface area contributed by atoms with E-state index in [1.807, 2.05) is 10.6 Å². The van der Waals surface area contributed by atoms with Gasteiger partial charge in [0.25, 0.3) is 0 Å². The van der Waals surface area contributed by atoms with Gasteiger partial charge in [-0.2, -0.15) is 0 Å². The van der Waals surface area contributed by atoms with Crippen LogP contribution in [-0.2, 0) is 16.4 Å². The maximum atomic E-state index is 11.1. The van der Waals surface area contributed by atoms with Gasteiger partial charge >= 0.3 is 0 Å². The quantitative estimate of drug-likeness (QED) is 0.798. The number of hydrogen-bond acceptors (Lipinski definition) is 4. The SMILES string of the molecule is CS(=O)(=O)CCn1cnc2cc(N)ccc21. The van der Waals surface area contributed by atoms with Crippen LogP contribution in [0.1, 0.15) is 0 Å². The van der Waals surface area contributed by atoms with E-state index in [2.05, 4.69) is 4.98 Å². The number of imidazole rings is 1. The minimum absolute atomic E-state index is 0.114. The largest absolute Gasteiger partial charge is 0.399 e. The molecule has 1 heterocycles. The first kappa shape index (κ1) is 10.9. The van der Waals surface area contributed by atoms with Gasteiger partial charge in [0.2, 0.25) is 0 Å². The maximum absolute atomic E-state index is 11.1. The second-order valence-corrected chi connectivity index (χ2v) is 6.08. The molecule has 0 spiro atoms. The molecule has 0 saturated carbocycles. The predicted octanol–water partition coefficient (Wildman–Crippen LogP) is 0.663. The molecule has 0 saturated heterocycles. The Kier molecular flexibility index (Phi) is 2.59. The number of aryl methyl sites for hydroxylation is 1. The van der Waals surface area contributed by atoms with E-state index in [0.29, 0.717) is 12.2 Å². The van der Waals surface area contributed by atoms with E-state index in [1.165, 1.54) is 6.26 Å². The first-order valence-corrected chi connectivity index (χ1v) is 6.90. The normalized spacial score (nSPS) is 12.1. The lowest BCUT2D eigenvalue weighted by Crippen LogP contribution is -2.10. The smallest absolute Gasteiger partial charge is 0.149 e. The third-order valence-electron chi connectivity index (χ3n) is 2.35. The van der Waals surface area contributed by atoms with Gasteiger partial charge in [-0.3, -0.25) is 0 Å². The average Bonchev–Trinajstić information content (AvgIpc) is 2.56. The summed E-state index contributed by atoms with van der Waals surface area (Å²) < 4.78 is 23.9. The van der Waals surface area contributed by atoms with Crippen molar-refractivity contribution in [2.45, 2.75) is 6.54 Å². The molecule has 0 radical (unpaired) electrons. The molecule has 6 heteroatoms. The van der Waals surface area contributed by atoms with Crippen LogP contribution in [0.25, 0.3) is 11.0 Å². The van der Waals surface area contributed by atoms with Crippen LogP contribution in [-0.4, -0.2) is 30.0 Å². The Morgan fingerprint density at radius 3 is 2.88 bits per heavy atom. The van der Waals surface area contributed by atoms with Gasteiger partial charge in [-0.05, 0) is 18.2 Å². The van der Waals surface area contributed by atoms with Gasteiger partial charge < -0.3 is 10.3 Å². The van der Waals surface area contributed by atoms with E-state index in [9.17, 15) is 8.42 Å². The lowest BCUT2D eigenvalue weighted by Gasteiger charge is -2.02. The van der Waals surface area contributed by atoms with E-state index < -0.39 is 9.84 Å². The third kappa shape index (κ3) is 2.33. The molecule has 2 rings (SSSR count). The summed E-state index contributed by atoms with van der Waals surface area (Å²) in [4.78, 5) is 4.17. The molecule has 16 heavy (non-hydrogen) atoms. The first-order valence-electron chi connectivity index (χ1n) is 4.84. The molecule has 0 amide bonds. The Labute approximate surface area is 93.8 Å². The molecular weight excluding hydrogens is 226 g/mol. The summed E-state index contributed by atoms with van der Waals surface area (Å²) in [6.45, 7) is 0.416. The summed E-state index contributed by atoms with van der Waals surface area (Å²) in [6, 6.07) is 5.40. The molecule has 2 aromatic rings. The van der Waals surface area contributed by atoms with Crippen LogP contribution in [0, 0.1) is 0 Å². The lowest BCUT2D eigenvalue weighted by molar-refractivity contribution is 0.595. The van der Waals surface area contributed by atoms with E-state index >= 15 is 0 Å². The highest BCUT2D eigenvalue weighted by molar-refractivity contribution is 7.90. The number of aromatic nitrogens is 2. The Balaban J connectivity index is 2.32. The Morgan fingerprint density at radius 1 is 1.44 bits per heavy atom. The molecule has 0 aliphatic carbocycles. The molecule has 5 nitrogen and oxygen atoms in total. The maximum Gasteiger partial charge on any atom is 0.149 e. The summed E-state index contributed by atoms with van der Waals surface area (Å²) in [5.41, 5.74) is 7.97. The molecule has 0 atom stereocenters. The number of benzene rings is 1. The lowest BCUT2D eigenvalue weighted by atomic mass is 10.3. The number of hydrogen-bond donors (Lipinski definition) is 1. The second-order valence-electron chi connectivity index (χ2n) is 3.82. The van der Waals surface area contributed by atoms with Crippen molar-refractivity contribution in [1.29, 1.82) is 0 Å². The molecule has 0 unspecified atom stereocenters. The number of rotatable bonds is 3. The highest BCUT2D eigenvalue weighted by atomic mass is 32.2. The van der Waals surface area contributed by atoms with Crippen LogP contribution >= 0.6 is 0 Å². The van der Waals surface area contributed by atoms with Crippen LogP contribution in [0.15, 0.2) is 24.5 Å². The van der Waals surface area contributed by atoms with Crippen LogP contribution in [0.4, 0.5) is 5.69 Å². The molecular formula is C10H13N3O2S. The second kappa shape index (κ2) is 3.79. The van der Waals surface area contributed by atoms with Crippen LogP contribution < -0.4 is 5.73 Å². The predicted molar refractivity (Wildman–Crippen MR) is 63.9 cm³/mol. The van der Waals surface area contributed by atoms with Crippen molar-refractivity contribution in [3.8, 4) is 0 Å².